The van der Waals surface area contributed by atoms with Crippen molar-refractivity contribution in [2.45, 2.75) is 32.1 Å². The summed E-state index contributed by atoms with van der Waals surface area (Å²) in [6.07, 6.45) is 1.97. The summed E-state index contributed by atoms with van der Waals surface area (Å²) in [4.78, 5) is 0. The van der Waals surface area contributed by atoms with Crippen LogP contribution in [0.3, 0.4) is 0 Å². The average Bonchev–Trinajstić information content (AvgIpc) is 3.18. The van der Waals surface area contributed by atoms with Crippen LogP contribution in [-0.2, 0) is 22.6 Å². The van der Waals surface area contributed by atoms with Gasteiger partial charge in [0, 0.05) is 20.3 Å². The molecular weight excluding hydrogens is 280 g/mol. The van der Waals surface area contributed by atoms with Crippen molar-refractivity contribution in [1.29, 1.82) is 0 Å². The van der Waals surface area contributed by atoms with E-state index in [1.165, 1.54) is 11.3 Å². The van der Waals surface area contributed by atoms with Crippen molar-refractivity contribution in [2.75, 3.05) is 13.7 Å². The topological polar surface area (TPSA) is 101 Å². The van der Waals surface area contributed by atoms with Crippen molar-refractivity contribution in [2.24, 2.45) is 5.73 Å². The molecule has 2 aromatic rings. The third-order valence-corrected chi connectivity index (χ3v) is 3.98. The summed E-state index contributed by atoms with van der Waals surface area (Å²) in [7, 11) is 1.63. The van der Waals surface area contributed by atoms with E-state index in [4.69, 9.17) is 15.2 Å². The first-order chi connectivity index (χ1) is 9.83. The Kier molecular flexibility index (Phi) is 4.01. The smallest absolute Gasteiger partial charge is 0.234 e. The largest absolute Gasteiger partial charge is 0.377 e. The second-order valence-corrected chi connectivity index (χ2v) is 5.49. The van der Waals surface area contributed by atoms with Crippen LogP contribution in [0.5, 0.6) is 0 Å². The summed E-state index contributed by atoms with van der Waals surface area (Å²) in [6, 6.07) is 0. The van der Waals surface area contributed by atoms with Gasteiger partial charge >= 0.3 is 0 Å². The fourth-order valence-electron chi connectivity index (χ4n) is 2.23. The minimum atomic E-state index is -0.0154. The Labute approximate surface area is 119 Å². The predicted octanol–water partition coefficient (Wildman–Crippen LogP) is 0.575. The fourth-order valence-corrected chi connectivity index (χ4v) is 3.01. The monoisotopic (exact) mass is 296 g/mol. The Morgan fingerprint density at radius 3 is 3.05 bits per heavy atom. The lowest BCUT2D eigenvalue weighted by atomic mass is 10.1. The van der Waals surface area contributed by atoms with Crippen LogP contribution in [-0.4, -0.2) is 38.9 Å². The highest BCUT2D eigenvalue weighted by atomic mass is 32.1. The van der Waals surface area contributed by atoms with Gasteiger partial charge in [0.1, 0.15) is 29.1 Å². The molecule has 20 heavy (non-hydrogen) atoms. The SMILES string of the molecule is COCc1nnc(-n2nnc(CN)c2C2CCCO2)s1. The number of nitrogens with zero attached hydrogens (tertiary/aromatic N) is 5. The molecule has 0 amide bonds. The number of aromatic nitrogens is 5. The summed E-state index contributed by atoms with van der Waals surface area (Å²) in [5, 5.41) is 17.9. The van der Waals surface area contributed by atoms with E-state index in [9.17, 15) is 0 Å². The van der Waals surface area contributed by atoms with Crippen molar-refractivity contribution < 1.29 is 9.47 Å². The highest BCUT2D eigenvalue weighted by Crippen LogP contribution is 2.32. The van der Waals surface area contributed by atoms with Crippen LogP contribution in [0.4, 0.5) is 0 Å². The molecule has 0 radical (unpaired) electrons. The van der Waals surface area contributed by atoms with Crippen LogP contribution in [0.2, 0.25) is 0 Å². The minimum absolute atomic E-state index is 0.0154. The van der Waals surface area contributed by atoms with Crippen LogP contribution < -0.4 is 5.73 Å². The van der Waals surface area contributed by atoms with Gasteiger partial charge in [-0.1, -0.05) is 16.6 Å². The predicted molar refractivity (Wildman–Crippen MR) is 71.4 cm³/mol. The number of hydrogen-bond donors (Lipinski definition) is 1. The molecule has 9 heteroatoms. The minimum Gasteiger partial charge on any atom is -0.377 e. The van der Waals surface area contributed by atoms with E-state index in [2.05, 4.69) is 20.5 Å². The standard InChI is InChI=1S/C11H16N6O2S/c1-18-6-9-14-15-11(20-9)17-10(7(5-12)13-16-17)8-3-2-4-19-8/h8H,2-6,12H2,1H3. The molecule has 1 aliphatic rings. The molecule has 0 saturated carbocycles. The molecule has 2 N–H and O–H groups in total. The zero-order valence-corrected chi connectivity index (χ0v) is 12.0. The number of hydrogen-bond acceptors (Lipinski definition) is 8. The third-order valence-electron chi connectivity index (χ3n) is 3.11. The molecule has 0 aliphatic carbocycles. The van der Waals surface area contributed by atoms with Crippen molar-refractivity contribution in [3.63, 3.8) is 0 Å². The van der Waals surface area contributed by atoms with Gasteiger partial charge in [-0.3, -0.25) is 0 Å². The van der Waals surface area contributed by atoms with Crippen molar-refractivity contribution >= 4 is 11.3 Å². The lowest BCUT2D eigenvalue weighted by Crippen LogP contribution is -2.10. The number of ether oxygens (including phenoxy) is 2. The van der Waals surface area contributed by atoms with E-state index in [1.54, 1.807) is 11.8 Å². The van der Waals surface area contributed by atoms with Crippen LogP contribution in [0, 0.1) is 0 Å². The van der Waals surface area contributed by atoms with E-state index in [-0.39, 0.29) is 6.10 Å². The Morgan fingerprint density at radius 1 is 1.45 bits per heavy atom. The van der Waals surface area contributed by atoms with Crippen molar-refractivity contribution in [3.8, 4) is 5.13 Å². The Hall–Kier alpha value is -1.42. The first kappa shape index (κ1) is 13.6. The van der Waals surface area contributed by atoms with Gasteiger partial charge in [0.2, 0.25) is 5.13 Å². The fraction of sp³-hybridized carbons (Fsp3) is 0.636. The number of rotatable bonds is 5. The number of methoxy groups -OCH3 is 1. The molecule has 2 aromatic heterocycles. The summed E-state index contributed by atoms with van der Waals surface area (Å²) >= 11 is 1.42. The lowest BCUT2D eigenvalue weighted by molar-refractivity contribution is 0.106. The summed E-state index contributed by atoms with van der Waals surface area (Å²) in [5.74, 6) is 0. The van der Waals surface area contributed by atoms with Gasteiger partial charge in [-0.15, -0.1) is 15.3 Å². The maximum absolute atomic E-state index is 5.74. The summed E-state index contributed by atoms with van der Waals surface area (Å²) in [6.45, 7) is 1.52. The van der Waals surface area contributed by atoms with E-state index >= 15 is 0 Å². The van der Waals surface area contributed by atoms with E-state index in [1.807, 2.05) is 0 Å². The maximum Gasteiger partial charge on any atom is 0.234 e. The van der Waals surface area contributed by atoms with Crippen LogP contribution >= 0.6 is 11.3 Å². The Balaban J connectivity index is 1.97. The number of nitrogens with two attached hydrogens (primary N) is 1. The Bertz CT molecular complexity index is 577. The quantitative estimate of drug-likeness (QED) is 0.861. The molecule has 3 rings (SSSR count). The molecule has 0 spiro atoms. The van der Waals surface area contributed by atoms with Crippen LogP contribution in [0.15, 0.2) is 0 Å². The molecule has 0 bridgehead atoms. The van der Waals surface area contributed by atoms with E-state index in [0.717, 1.165) is 35.8 Å². The second-order valence-electron chi connectivity index (χ2n) is 4.45. The van der Waals surface area contributed by atoms with Gasteiger partial charge in [-0.25, -0.2) is 0 Å². The zero-order chi connectivity index (χ0) is 13.9. The molecule has 3 heterocycles. The van der Waals surface area contributed by atoms with E-state index in [0.29, 0.717) is 18.3 Å². The Morgan fingerprint density at radius 2 is 2.35 bits per heavy atom. The molecule has 1 atom stereocenters. The van der Waals surface area contributed by atoms with Crippen molar-refractivity contribution in [1.82, 2.24) is 25.2 Å². The zero-order valence-electron chi connectivity index (χ0n) is 11.2. The molecule has 8 nitrogen and oxygen atoms in total. The highest BCUT2D eigenvalue weighted by Gasteiger charge is 2.27. The van der Waals surface area contributed by atoms with E-state index < -0.39 is 0 Å². The summed E-state index contributed by atoms with van der Waals surface area (Å²) < 4.78 is 12.5. The molecular formula is C11H16N6O2S. The molecule has 1 saturated heterocycles. The van der Waals surface area contributed by atoms with Gasteiger partial charge in [-0.2, -0.15) is 4.68 Å². The first-order valence-electron chi connectivity index (χ1n) is 6.41. The van der Waals surface area contributed by atoms with Gasteiger partial charge in [0.05, 0.1) is 0 Å². The van der Waals surface area contributed by atoms with Gasteiger partial charge in [0.15, 0.2) is 0 Å². The molecule has 1 unspecified atom stereocenters. The molecule has 1 fully saturated rings. The average molecular weight is 296 g/mol. The highest BCUT2D eigenvalue weighted by molar-refractivity contribution is 7.13. The molecule has 0 aromatic carbocycles. The maximum atomic E-state index is 5.74. The molecule has 1 aliphatic heterocycles. The first-order valence-corrected chi connectivity index (χ1v) is 7.23. The van der Waals surface area contributed by atoms with Crippen LogP contribution in [0.25, 0.3) is 5.13 Å². The van der Waals surface area contributed by atoms with Gasteiger partial charge in [0.25, 0.3) is 0 Å². The van der Waals surface area contributed by atoms with Crippen molar-refractivity contribution in [3.05, 3.63) is 16.4 Å². The van der Waals surface area contributed by atoms with Gasteiger partial charge in [-0.05, 0) is 12.8 Å². The molecule has 108 valence electrons. The lowest BCUT2D eigenvalue weighted by Gasteiger charge is -2.11. The van der Waals surface area contributed by atoms with Gasteiger partial charge < -0.3 is 15.2 Å². The second kappa shape index (κ2) is 5.92. The van der Waals surface area contributed by atoms with Crippen LogP contribution in [0.1, 0.15) is 35.3 Å². The third kappa shape index (κ3) is 2.44. The normalized spacial score (nSPS) is 18.8. The summed E-state index contributed by atoms with van der Waals surface area (Å²) in [5.41, 5.74) is 7.38.